The molecule has 0 bridgehead atoms. The van der Waals surface area contributed by atoms with Gasteiger partial charge in [0.15, 0.2) is 0 Å². The van der Waals surface area contributed by atoms with Gasteiger partial charge in [-0.05, 0) is 74.7 Å². The van der Waals surface area contributed by atoms with Gasteiger partial charge in [-0.1, -0.05) is 18.2 Å². The minimum Gasteiger partial charge on any atom is -0.497 e. The average Bonchev–Trinajstić information content (AvgIpc) is 3.28. The highest BCUT2D eigenvalue weighted by Gasteiger charge is 2.25. The van der Waals surface area contributed by atoms with Crippen LogP contribution in [0.4, 0.5) is 0 Å². The minimum atomic E-state index is -0.923. The third-order valence-electron chi connectivity index (χ3n) is 7.00. The Morgan fingerprint density at radius 1 is 1.15 bits per heavy atom. The van der Waals surface area contributed by atoms with Crippen molar-refractivity contribution in [2.24, 2.45) is 5.92 Å². The van der Waals surface area contributed by atoms with Gasteiger partial charge in [-0.3, -0.25) is 4.98 Å². The van der Waals surface area contributed by atoms with Crippen LogP contribution in [0.2, 0.25) is 0 Å². The molecule has 34 heavy (non-hydrogen) atoms. The largest absolute Gasteiger partial charge is 0.497 e. The van der Waals surface area contributed by atoms with E-state index in [0.717, 1.165) is 64.8 Å². The number of aromatic nitrogens is 2. The van der Waals surface area contributed by atoms with Crippen molar-refractivity contribution < 1.29 is 14.6 Å². The maximum absolute atomic E-state index is 12.2. The van der Waals surface area contributed by atoms with E-state index in [4.69, 9.17) is 4.74 Å². The fourth-order valence-electron chi connectivity index (χ4n) is 5.11. The Morgan fingerprint density at radius 2 is 1.97 bits per heavy atom. The number of piperidine rings is 1. The van der Waals surface area contributed by atoms with E-state index in [0.29, 0.717) is 11.5 Å². The number of aromatic carboxylic acids is 1. The van der Waals surface area contributed by atoms with Crippen molar-refractivity contribution in [1.29, 1.82) is 0 Å². The lowest BCUT2D eigenvalue weighted by molar-refractivity contribution is 0.0699. The summed E-state index contributed by atoms with van der Waals surface area (Å²) in [6.45, 7) is 4.27. The number of pyridine rings is 1. The normalized spacial score (nSPS) is 16.9. The van der Waals surface area contributed by atoms with Crippen LogP contribution in [-0.4, -0.2) is 40.8 Å². The molecule has 2 aromatic carbocycles. The van der Waals surface area contributed by atoms with Gasteiger partial charge in [-0.25, -0.2) is 4.79 Å². The third-order valence-corrected chi connectivity index (χ3v) is 7.00. The lowest BCUT2D eigenvalue weighted by atomic mass is 9.92. The number of nitrogens with one attached hydrogen (secondary N) is 1. The van der Waals surface area contributed by atoms with Crippen LogP contribution in [0, 0.1) is 5.92 Å². The molecule has 2 aromatic heterocycles. The first-order valence-electron chi connectivity index (χ1n) is 11.7. The number of benzene rings is 2. The molecule has 2 unspecified atom stereocenters. The number of carbonyl (C=O) groups is 1. The maximum atomic E-state index is 12.2. The predicted octanol–water partition coefficient (Wildman–Crippen LogP) is 5.64. The summed E-state index contributed by atoms with van der Waals surface area (Å²) in [4.78, 5) is 16.7. The molecular weight excluding hydrogens is 426 g/mol. The molecule has 4 aromatic rings. The molecule has 0 radical (unpaired) electrons. The fraction of sp³-hybridized carbons (Fsp3) is 0.286. The molecule has 0 saturated carbocycles. The second kappa shape index (κ2) is 9.31. The number of hydrogen-bond donors (Lipinski definition) is 2. The van der Waals surface area contributed by atoms with Crippen molar-refractivity contribution in [1.82, 2.24) is 14.9 Å². The van der Waals surface area contributed by atoms with Gasteiger partial charge in [0.25, 0.3) is 0 Å². The second-order valence-electron chi connectivity index (χ2n) is 9.00. The first kappa shape index (κ1) is 22.2. The van der Waals surface area contributed by atoms with Crippen molar-refractivity contribution in [3.63, 3.8) is 0 Å². The van der Waals surface area contributed by atoms with Crippen LogP contribution in [0.5, 0.6) is 5.75 Å². The predicted molar refractivity (Wildman–Crippen MR) is 134 cm³/mol. The van der Waals surface area contributed by atoms with E-state index in [1.54, 1.807) is 13.2 Å². The summed E-state index contributed by atoms with van der Waals surface area (Å²) < 4.78 is 7.64. The van der Waals surface area contributed by atoms with Gasteiger partial charge >= 0.3 is 5.97 Å². The zero-order valence-corrected chi connectivity index (χ0v) is 19.5. The summed E-state index contributed by atoms with van der Waals surface area (Å²) in [5.41, 5.74) is 4.99. The van der Waals surface area contributed by atoms with Crippen molar-refractivity contribution in [2.75, 3.05) is 20.2 Å². The summed E-state index contributed by atoms with van der Waals surface area (Å²) >= 11 is 0. The fourth-order valence-corrected chi connectivity index (χ4v) is 5.11. The highest BCUT2D eigenvalue weighted by atomic mass is 16.5. The summed E-state index contributed by atoms with van der Waals surface area (Å²) in [6, 6.07) is 15.7. The standard InChI is InChI=1S/C28H29N3O3/c1-18(20-7-5-11-29-14-20)31-17-25(27-24(28(32)33)9-4-10-26(27)31)22-12-21(15-30-16-22)19-6-3-8-23(13-19)34-2/h3-4,6,8-10,12-13,15-18,20,29H,5,7,11,14H2,1-2H3,(H,32,33). The molecule has 2 N–H and O–H groups in total. The molecule has 0 amide bonds. The third kappa shape index (κ3) is 4.05. The monoisotopic (exact) mass is 455 g/mol. The average molecular weight is 456 g/mol. The van der Waals surface area contributed by atoms with Crippen LogP contribution in [0.25, 0.3) is 33.2 Å². The zero-order chi connectivity index (χ0) is 23.7. The van der Waals surface area contributed by atoms with Crippen molar-refractivity contribution >= 4 is 16.9 Å². The number of nitrogens with zero attached hydrogens (tertiary/aromatic N) is 2. The van der Waals surface area contributed by atoms with E-state index in [2.05, 4.69) is 34.1 Å². The first-order chi connectivity index (χ1) is 16.6. The zero-order valence-electron chi connectivity index (χ0n) is 19.5. The lowest BCUT2D eigenvalue weighted by Crippen LogP contribution is -2.34. The Labute approximate surface area is 199 Å². The smallest absolute Gasteiger partial charge is 0.336 e. The van der Waals surface area contributed by atoms with Gasteiger partial charge in [-0.15, -0.1) is 0 Å². The van der Waals surface area contributed by atoms with Crippen LogP contribution < -0.4 is 10.1 Å². The quantitative estimate of drug-likeness (QED) is 0.394. The minimum absolute atomic E-state index is 0.239. The highest BCUT2D eigenvalue weighted by molar-refractivity contribution is 6.10. The molecule has 6 heteroatoms. The lowest BCUT2D eigenvalue weighted by Gasteiger charge is -2.30. The molecule has 3 heterocycles. The number of hydrogen-bond acceptors (Lipinski definition) is 4. The van der Waals surface area contributed by atoms with Gasteiger partial charge in [0.1, 0.15) is 5.75 Å². The number of ether oxygens (including phenoxy) is 1. The number of carboxylic acid groups (broad SMARTS) is 1. The van der Waals surface area contributed by atoms with E-state index in [1.165, 1.54) is 0 Å². The highest BCUT2D eigenvalue weighted by Crippen LogP contribution is 2.38. The second-order valence-corrected chi connectivity index (χ2v) is 9.00. The summed E-state index contributed by atoms with van der Waals surface area (Å²) in [5, 5.41) is 14.3. The number of methoxy groups -OCH3 is 1. The molecule has 0 spiro atoms. The molecule has 1 aliphatic rings. The molecule has 5 rings (SSSR count). The van der Waals surface area contributed by atoms with Gasteiger partial charge in [-0.2, -0.15) is 0 Å². The Morgan fingerprint density at radius 3 is 2.74 bits per heavy atom. The Kier molecular flexibility index (Phi) is 6.07. The molecule has 6 nitrogen and oxygen atoms in total. The molecule has 0 aliphatic carbocycles. The Hall–Kier alpha value is -3.64. The molecule has 174 valence electrons. The molecule has 2 atom stereocenters. The van der Waals surface area contributed by atoms with Crippen LogP contribution in [0.15, 0.2) is 67.1 Å². The van der Waals surface area contributed by atoms with E-state index < -0.39 is 5.97 Å². The van der Waals surface area contributed by atoms with Gasteiger partial charge in [0.2, 0.25) is 0 Å². The van der Waals surface area contributed by atoms with Gasteiger partial charge in [0, 0.05) is 52.2 Å². The topological polar surface area (TPSA) is 76.4 Å². The van der Waals surface area contributed by atoms with Crippen LogP contribution in [0.1, 0.15) is 36.2 Å². The molecule has 1 fully saturated rings. The van der Waals surface area contributed by atoms with E-state index >= 15 is 0 Å². The summed E-state index contributed by atoms with van der Waals surface area (Å²) in [6.07, 6.45) is 8.07. The number of fused-ring (bicyclic) bond motifs is 1. The Balaban J connectivity index is 1.67. The molecule has 1 aliphatic heterocycles. The molecular formula is C28H29N3O3. The van der Waals surface area contributed by atoms with E-state index in [9.17, 15) is 9.90 Å². The van der Waals surface area contributed by atoms with E-state index in [-0.39, 0.29) is 6.04 Å². The number of rotatable bonds is 6. The first-order valence-corrected chi connectivity index (χ1v) is 11.7. The Bertz CT molecular complexity index is 1340. The van der Waals surface area contributed by atoms with E-state index in [1.807, 2.05) is 48.8 Å². The number of carboxylic acids is 1. The van der Waals surface area contributed by atoms with Crippen molar-refractivity contribution in [2.45, 2.75) is 25.8 Å². The van der Waals surface area contributed by atoms with Gasteiger partial charge < -0.3 is 19.7 Å². The van der Waals surface area contributed by atoms with Crippen molar-refractivity contribution in [3.8, 4) is 28.0 Å². The SMILES string of the molecule is COc1cccc(-c2cncc(-c3cn(C(C)C4CCCNC4)c4cccc(C(=O)O)c34)c2)c1. The molecule has 1 saturated heterocycles. The van der Waals surface area contributed by atoms with Crippen LogP contribution >= 0.6 is 0 Å². The summed E-state index contributed by atoms with van der Waals surface area (Å²) in [5.74, 6) is 0.350. The van der Waals surface area contributed by atoms with Crippen molar-refractivity contribution in [3.05, 3.63) is 72.7 Å². The van der Waals surface area contributed by atoms with Crippen LogP contribution in [0.3, 0.4) is 0 Å². The van der Waals surface area contributed by atoms with Gasteiger partial charge in [0.05, 0.1) is 12.7 Å². The summed E-state index contributed by atoms with van der Waals surface area (Å²) in [7, 11) is 1.65. The maximum Gasteiger partial charge on any atom is 0.336 e. The van der Waals surface area contributed by atoms with Crippen LogP contribution in [-0.2, 0) is 0 Å².